The van der Waals surface area contributed by atoms with Gasteiger partial charge in [0.25, 0.3) is 0 Å². The van der Waals surface area contributed by atoms with E-state index in [-0.39, 0.29) is 6.04 Å². The van der Waals surface area contributed by atoms with Crippen molar-refractivity contribution < 1.29 is 0 Å². The Balaban J connectivity index is 2.15. The first-order chi connectivity index (χ1) is 9.04. The van der Waals surface area contributed by atoms with Crippen molar-refractivity contribution in [3.63, 3.8) is 0 Å². The average Bonchev–Trinajstić information content (AvgIpc) is 2.34. The zero-order chi connectivity index (χ0) is 13.8. The van der Waals surface area contributed by atoms with E-state index in [2.05, 4.69) is 23.0 Å². The van der Waals surface area contributed by atoms with Crippen molar-refractivity contribution in [2.24, 2.45) is 5.73 Å². The van der Waals surface area contributed by atoms with E-state index >= 15 is 0 Å². The van der Waals surface area contributed by atoms with Gasteiger partial charge in [0.2, 0.25) is 0 Å². The largest absolute Gasteiger partial charge is 0.328 e. The van der Waals surface area contributed by atoms with Crippen molar-refractivity contribution in [3.8, 4) is 0 Å². The Kier molecular flexibility index (Phi) is 4.80. The van der Waals surface area contributed by atoms with Crippen molar-refractivity contribution in [2.45, 2.75) is 36.4 Å². The maximum absolute atomic E-state index is 5.82. The molecule has 3 nitrogen and oxygen atoms in total. The molecule has 0 fully saturated rings. The van der Waals surface area contributed by atoms with E-state index in [1.54, 1.807) is 6.20 Å². The molecule has 0 aliphatic carbocycles. The third kappa shape index (κ3) is 4.20. The van der Waals surface area contributed by atoms with Gasteiger partial charge >= 0.3 is 0 Å². The highest BCUT2D eigenvalue weighted by molar-refractivity contribution is 7.99. The summed E-state index contributed by atoms with van der Waals surface area (Å²) in [6, 6.07) is 6.01. The van der Waals surface area contributed by atoms with Gasteiger partial charge in [-0.15, -0.1) is 0 Å². The molecule has 0 spiro atoms. The Morgan fingerprint density at radius 3 is 2.68 bits per heavy atom. The first kappa shape index (κ1) is 14.3. The van der Waals surface area contributed by atoms with Crippen molar-refractivity contribution in [1.82, 2.24) is 9.97 Å². The first-order valence-electron chi connectivity index (χ1n) is 6.05. The van der Waals surface area contributed by atoms with Crippen LogP contribution in [0.25, 0.3) is 0 Å². The van der Waals surface area contributed by atoms with Crippen LogP contribution in [0.2, 0.25) is 5.02 Å². The molecule has 100 valence electrons. The normalized spacial score (nSPS) is 12.4. The van der Waals surface area contributed by atoms with Gasteiger partial charge in [-0.2, -0.15) is 0 Å². The van der Waals surface area contributed by atoms with Gasteiger partial charge in [0.15, 0.2) is 0 Å². The lowest BCUT2D eigenvalue weighted by Gasteiger charge is -2.08. The molecule has 19 heavy (non-hydrogen) atoms. The van der Waals surface area contributed by atoms with E-state index in [1.807, 2.05) is 25.3 Å². The highest BCUT2D eigenvalue weighted by Crippen LogP contribution is 2.27. The minimum atomic E-state index is 0.151. The Morgan fingerprint density at radius 1 is 1.32 bits per heavy atom. The number of nitrogens with two attached hydrogens (primary N) is 1. The quantitative estimate of drug-likeness (QED) is 0.938. The topological polar surface area (TPSA) is 51.8 Å². The molecule has 0 amide bonds. The van der Waals surface area contributed by atoms with Crippen LogP contribution in [0.3, 0.4) is 0 Å². The van der Waals surface area contributed by atoms with Gasteiger partial charge in [0.1, 0.15) is 10.1 Å². The Morgan fingerprint density at radius 2 is 2.11 bits per heavy atom. The molecule has 2 heterocycles. The maximum Gasteiger partial charge on any atom is 0.105 e. The standard InChI is InChI=1S/C14H16ClN3S/c1-9-5-11(6-10(2)16)7-18-14(9)19-13-4-3-12(15)8-17-13/h3-5,7-8,10H,6,16H2,1-2H3. The van der Waals surface area contributed by atoms with Gasteiger partial charge in [0.05, 0.1) is 5.02 Å². The third-order valence-corrected chi connectivity index (χ3v) is 3.84. The monoisotopic (exact) mass is 293 g/mol. The number of rotatable bonds is 4. The number of nitrogens with zero attached hydrogens (tertiary/aromatic N) is 2. The van der Waals surface area contributed by atoms with Crippen LogP contribution >= 0.6 is 23.4 Å². The molecule has 0 saturated carbocycles. The van der Waals surface area contributed by atoms with Gasteiger partial charge in [-0.05, 0) is 55.3 Å². The second-order valence-corrected chi connectivity index (χ2v) is 6.01. The fourth-order valence-corrected chi connectivity index (χ4v) is 2.61. The van der Waals surface area contributed by atoms with Crippen molar-refractivity contribution >= 4 is 23.4 Å². The van der Waals surface area contributed by atoms with Crippen molar-refractivity contribution in [1.29, 1.82) is 0 Å². The summed E-state index contributed by atoms with van der Waals surface area (Å²) in [6.07, 6.45) is 4.37. The summed E-state index contributed by atoms with van der Waals surface area (Å²) >= 11 is 7.35. The molecule has 2 aromatic heterocycles. The summed E-state index contributed by atoms with van der Waals surface area (Å²) in [7, 11) is 0. The van der Waals surface area contributed by atoms with Crippen LogP contribution in [0.15, 0.2) is 40.6 Å². The minimum absolute atomic E-state index is 0.151. The molecular formula is C14H16ClN3S. The van der Waals surface area contributed by atoms with Crippen LogP contribution in [-0.4, -0.2) is 16.0 Å². The highest BCUT2D eigenvalue weighted by Gasteiger charge is 2.06. The molecular weight excluding hydrogens is 278 g/mol. The fourth-order valence-electron chi connectivity index (χ4n) is 1.73. The van der Waals surface area contributed by atoms with Gasteiger partial charge in [-0.25, -0.2) is 9.97 Å². The number of hydrogen-bond acceptors (Lipinski definition) is 4. The minimum Gasteiger partial charge on any atom is -0.328 e. The van der Waals surface area contributed by atoms with Gasteiger partial charge in [-0.1, -0.05) is 17.7 Å². The van der Waals surface area contributed by atoms with Crippen molar-refractivity contribution in [2.75, 3.05) is 0 Å². The SMILES string of the molecule is Cc1cc(CC(C)N)cnc1Sc1ccc(Cl)cn1. The lowest BCUT2D eigenvalue weighted by atomic mass is 10.1. The molecule has 0 aliphatic heterocycles. The van der Waals surface area contributed by atoms with Crippen molar-refractivity contribution in [3.05, 3.63) is 46.7 Å². The summed E-state index contributed by atoms with van der Waals surface area (Å²) in [5, 5.41) is 2.49. The van der Waals surface area contributed by atoms with Gasteiger partial charge in [0, 0.05) is 18.4 Å². The van der Waals surface area contributed by atoms with Crippen LogP contribution in [0.1, 0.15) is 18.1 Å². The van der Waals surface area contributed by atoms with Crippen LogP contribution in [0.5, 0.6) is 0 Å². The van der Waals surface area contributed by atoms with E-state index in [0.717, 1.165) is 22.0 Å². The van der Waals surface area contributed by atoms with Crippen LogP contribution in [0.4, 0.5) is 0 Å². The second kappa shape index (κ2) is 6.37. The fraction of sp³-hybridized carbons (Fsp3) is 0.286. The van der Waals surface area contributed by atoms with Gasteiger partial charge < -0.3 is 5.73 Å². The van der Waals surface area contributed by atoms with E-state index in [0.29, 0.717) is 5.02 Å². The van der Waals surface area contributed by atoms with Crippen LogP contribution in [-0.2, 0) is 6.42 Å². The van der Waals surface area contributed by atoms with E-state index in [4.69, 9.17) is 17.3 Å². The second-order valence-electron chi connectivity index (χ2n) is 4.56. The molecule has 0 aromatic carbocycles. The lowest BCUT2D eigenvalue weighted by Crippen LogP contribution is -2.17. The van der Waals surface area contributed by atoms with E-state index < -0.39 is 0 Å². The predicted octanol–water partition coefficient (Wildman–Crippen LogP) is 3.48. The molecule has 0 aliphatic rings. The Bertz CT molecular complexity index is 555. The lowest BCUT2D eigenvalue weighted by molar-refractivity contribution is 0.733. The molecule has 1 unspecified atom stereocenters. The van der Waals surface area contributed by atoms with E-state index in [1.165, 1.54) is 17.3 Å². The molecule has 2 aromatic rings. The van der Waals surface area contributed by atoms with Crippen LogP contribution in [0, 0.1) is 6.92 Å². The number of aromatic nitrogens is 2. The summed E-state index contributed by atoms with van der Waals surface area (Å²) in [6.45, 7) is 4.05. The number of hydrogen-bond donors (Lipinski definition) is 1. The van der Waals surface area contributed by atoms with Crippen LogP contribution < -0.4 is 5.73 Å². The number of aryl methyl sites for hydroxylation is 1. The summed E-state index contributed by atoms with van der Waals surface area (Å²) in [4.78, 5) is 8.74. The Hall–Kier alpha value is -1.10. The zero-order valence-electron chi connectivity index (χ0n) is 10.9. The third-order valence-electron chi connectivity index (χ3n) is 2.55. The Labute approximate surface area is 122 Å². The summed E-state index contributed by atoms with van der Waals surface area (Å²) < 4.78 is 0. The first-order valence-corrected chi connectivity index (χ1v) is 7.24. The van der Waals surface area contributed by atoms with E-state index in [9.17, 15) is 0 Å². The summed E-state index contributed by atoms with van der Waals surface area (Å²) in [5.74, 6) is 0. The molecule has 0 radical (unpaired) electrons. The molecule has 2 N–H and O–H groups in total. The number of halogens is 1. The maximum atomic E-state index is 5.82. The smallest absolute Gasteiger partial charge is 0.105 e. The molecule has 2 rings (SSSR count). The number of pyridine rings is 2. The summed E-state index contributed by atoms with van der Waals surface area (Å²) in [5.41, 5.74) is 8.10. The average molecular weight is 294 g/mol. The molecule has 1 atom stereocenters. The predicted molar refractivity (Wildman–Crippen MR) is 79.7 cm³/mol. The molecule has 5 heteroatoms. The van der Waals surface area contributed by atoms with Gasteiger partial charge in [-0.3, -0.25) is 0 Å². The zero-order valence-corrected chi connectivity index (χ0v) is 12.5. The molecule has 0 bridgehead atoms. The highest BCUT2D eigenvalue weighted by atomic mass is 35.5. The molecule has 0 saturated heterocycles.